The number of hydrogen-bond acceptors (Lipinski definition) is 3. The van der Waals surface area contributed by atoms with E-state index in [4.69, 9.17) is 9.72 Å². The molecule has 3 heteroatoms. The number of nitrogens with zero attached hydrogens (tertiary/aromatic N) is 1. The van der Waals surface area contributed by atoms with Crippen LogP contribution in [0.1, 0.15) is 57.3 Å². The van der Waals surface area contributed by atoms with Crippen molar-refractivity contribution in [1.82, 2.24) is 10.3 Å². The van der Waals surface area contributed by atoms with Gasteiger partial charge in [0.1, 0.15) is 0 Å². The van der Waals surface area contributed by atoms with E-state index in [2.05, 4.69) is 37.4 Å². The van der Waals surface area contributed by atoms with Crippen LogP contribution in [0.25, 0.3) is 0 Å². The second kappa shape index (κ2) is 6.89. The Morgan fingerprint density at radius 3 is 2.52 bits per heavy atom. The van der Waals surface area contributed by atoms with Crippen molar-refractivity contribution in [2.24, 2.45) is 11.8 Å². The molecule has 2 aliphatic rings. The number of rotatable bonds is 6. The van der Waals surface area contributed by atoms with Crippen LogP contribution >= 0.6 is 0 Å². The molecule has 116 valence electrons. The van der Waals surface area contributed by atoms with E-state index >= 15 is 0 Å². The molecule has 3 rings (SSSR count). The Bertz CT molecular complexity index is 448. The van der Waals surface area contributed by atoms with Crippen LogP contribution in [0, 0.1) is 11.8 Å². The van der Waals surface area contributed by atoms with Gasteiger partial charge in [0.25, 0.3) is 0 Å². The first-order valence-corrected chi connectivity index (χ1v) is 8.49. The van der Waals surface area contributed by atoms with Crippen LogP contribution in [0.3, 0.4) is 0 Å². The highest BCUT2D eigenvalue weighted by atomic mass is 16.5. The van der Waals surface area contributed by atoms with Crippen LogP contribution in [0.2, 0.25) is 0 Å². The normalized spacial score (nSPS) is 29.5. The number of nitrogens with one attached hydrogen (secondary N) is 1. The Labute approximate surface area is 128 Å². The molecule has 2 fully saturated rings. The molecule has 0 spiro atoms. The molecule has 0 aliphatic heterocycles. The number of hydrogen-bond donors (Lipinski definition) is 1. The van der Waals surface area contributed by atoms with Gasteiger partial charge < -0.3 is 10.1 Å². The third-order valence-corrected chi connectivity index (χ3v) is 4.62. The van der Waals surface area contributed by atoms with E-state index in [0.29, 0.717) is 12.7 Å². The monoisotopic (exact) mass is 288 g/mol. The smallest absolute Gasteiger partial charge is 0.0891 e. The Balaban J connectivity index is 1.48. The Kier molecular flexibility index (Phi) is 4.91. The van der Waals surface area contributed by atoms with E-state index in [1.807, 2.05) is 0 Å². The maximum Gasteiger partial charge on any atom is 0.0891 e. The number of aromatic nitrogens is 1. The van der Waals surface area contributed by atoms with E-state index in [9.17, 15) is 0 Å². The summed E-state index contributed by atoms with van der Waals surface area (Å²) in [6, 6.07) is 7.01. The minimum Gasteiger partial charge on any atom is -0.372 e. The van der Waals surface area contributed by atoms with Crippen molar-refractivity contribution in [3.8, 4) is 0 Å². The maximum absolute atomic E-state index is 6.12. The molecule has 0 amide bonds. The molecule has 2 unspecified atom stereocenters. The van der Waals surface area contributed by atoms with Crippen molar-refractivity contribution in [3.63, 3.8) is 0 Å². The first-order chi connectivity index (χ1) is 10.2. The molecule has 3 nitrogen and oxygen atoms in total. The highest BCUT2D eigenvalue weighted by Gasteiger charge is 2.24. The first kappa shape index (κ1) is 15.0. The zero-order valence-corrected chi connectivity index (χ0v) is 13.3. The minimum absolute atomic E-state index is 0.416. The lowest BCUT2D eigenvalue weighted by Gasteiger charge is -2.31. The van der Waals surface area contributed by atoms with Crippen LogP contribution in [-0.2, 0) is 17.9 Å². The van der Waals surface area contributed by atoms with Gasteiger partial charge in [0.15, 0.2) is 0 Å². The van der Waals surface area contributed by atoms with E-state index in [0.717, 1.165) is 35.8 Å². The molecular weight excluding hydrogens is 260 g/mol. The molecule has 1 aromatic rings. The largest absolute Gasteiger partial charge is 0.372 e. The van der Waals surface area contributed by atoms with E-state index in [-0.39, 0.29) is 0 Å². The summed E-state index contributed by atoms with van der Waals surface area (Å²) in [5.41, 5.74) is 2.20. The standard InChI is InChI=1S/C18H28N2O/c1-13-8-14(2)10-18(9-13)21-12-17-5-3-4-16(20-17)11-19-15-6-7-15/h3-5,13-15,18-19H,6-12H2,1-2H3. The van der Waals surface area contributed by atoms with Crippen LogP contribution < -0.4 is 5.32 Å². The molecule has 0 saturated heterocycles. The molecule has 1 heterocycles. The Hall–Kier alpha value is -0.930. The second-order valence-electron chi connectivity index (χ2n) is 7.13. The number of ether oxygens (including phenoxy) is 1. The molecular formula is C18H28N2O. The highest BCUT2D eigenvalue weighted by Crippen LogP contribution is 2.30. The van der Waals surface area contributed by atoms with Gasteiger partial charge in [-0.1, -0.05) is 19.9 Å². The van der Waals surface area contributed by atoms with E-state index < -0.39 is 0 Å². The van der Waals surface area contributed by atoms with Crippen LogP contribution in [0.4, 0.5) is 0 Å². The molecule has 1 N–H and O–H groups in total. The Morgan fingerprint density at radius 2 is 1.81 bits per heavy atom. The van der Waals surface area contributed by atoms with Crippen molar-refractivity contribution >= 4 is 0 Å². The molecule has 0 radical (unpaired) electrons. The lowest BCUT2D eigenvalue weighted by atomic mass is 9.82. The first-order valence-electron chi connectivity index (χ1n) is 8.49. The topological polar surface area (TPSA) is 34.1 Å². The lowest BCUT2D eigenvalue weighted by molar-refractivity contribution is -0.0105. The van der Waals surface area contributed by atoms with Crippen LogP contribution in [-0.4, -0.2) is 17.1 Å². The van der Waals surface area contributed by atoms with Crippen molar-refractivity contribution in [2.75, 3.05) is 0 Å². The summed E-state index contributed by atoms with van der Waals surface area (Å²) in [5, 5.41) is 3.51. The van der Waals surface area contributed by atoms with Crippen LogP contribution in [0.5, 0.6) is 0 Å². The lowest BCUT2D eigenvalue weighted by Crippen LogP contribution is -2.26. The molecule has 0 bridgehead atoms. The van der Waals surface area contributed by atoms with Gasteiger partial charge in [-0.25, -0.2) is 0 Å². The highest BCUT2D eigenvalue weighted by molar-refractivity contribution is 5.11. The van der Waals surface area contributed by atoms with Crippen LogP contribution in [0.15, 0.2) is 18.2 Å². The summed E-state index contributed by atoms with van der Waals surface area (Å²) < 4.78 is 6.12. The quantitative estimate of drug-likeness (QED) is 0.867. The summed E-state index contributed by atoms with van der Waals surface area (Å²) in [6.07, 6.45) is 6.81. The summed E-state index contributed by atoms with van der Waals surface area (Å²) in [7, 11) is 0. The van der Waals surface area contributed by atoms with E-state index in [1.165, 1.54) is 32.1 Å². The van der Waals surface area contributed by atoms with Gasteiger partial charge in [-0.2, -0.15) is 0 Å². The second-order valence-corrected chi connectivity index (χ2v) is 7.13. The third kappa shape index (κ3) is 4.79. The zero-order chi connectivity index (χ0) is 14.7. The van der Waals surface area contributed by atoms with Gasteiger partial charge in [0.05, 0.1) is 24.1 Å². The summed E-state index contributed by atoms with van der Waals surface area (Å²) in [6.45, 7) is 6.22. The molecule has 1 aromatic heterocycles. The average molecular weight is 288 g/mol. The zero-order valence-electron chi connectivity index (χ0n) is 13.3. The summed E-state index contributed by atoms with van der Waals surface area (Å²) in [5.74, 6) is 1.58. The van der Waals surface area contributed by atoms with Crippen molar-refractivity contribution < 1.29 is 4.74 Å². The van der Waals surface area contributed by atoms with Gasteiger partial charge >= 0.3 is 0 Å². The van der Waals surface area contributed by atoms with Gasteiger partial charge in [-0.3, -0.25) is 4.98 Å². The molecule has 0 aromatic carbocycles. The maximum atomic E-state index is 6.12. The van der Waals surface area contributed by atoms with Gasteiger partial charge in [0.2, 0.25) is 0 Å². The molecule has 21 heavy (non-hydrogen) atoms. The SMILES string of the molecule is CC1CC(C)CC(OCc2cccc(CNC3CC3)n2)C1. The molecule has 2 saturated carbocycles. The summed E-state index contributed by atoms with van der Waals surface area (Å²) in [4.78, 5) is 4.71. The predicted molar refractivity (Wildman–Crippen MR) is 84.9 cm³/mol. The average Bonchev–Trinajstić information content (AvgIpc) is 3.27. The summed E-state index contributed by atoms with van der Waals surface area (Å²) >= 11 is 0. The van der Waals surface area contributed by atoms with Crippen molar-refractivity contribution in [1.29, 1.82) is 0 Å². The van der Waals surface area contributed by atoms with E-state index in [1.54, 1.807) is 0 Å². The Morgan fingerprint density at radius 1 is 1.10 bits per heavy atom. The van der Waals surface area contributed by atoms with Crippen molar-refractivity contribution in [3.05, 3.63) is 29.6 Å². The van der Waals surface area contributed by atoms with Crippen molar-refractivity contribution in [2.45, 2.75) is 71.2 Å². The molecule has 2 atom stereocenters. The van der Waals surface area contributed by atoms with Gasteiger partial charge in [-0.15, -0.1) is 0 Å². The third-order valence-electron chi connectivity index (χ3n) is 4.62. The fourth-order valence-corrected chi connectivity index (χ4v) is 3.46. The fourth-order valence-electron chi connectivity index (χ4n) is 3.46. The van der Waals surface area contributed by atoms with Gasteiger partial charge in [-0.05, 0) is 56.1 Å². The van der Waals surface area contributed by atoms with Gasteiger partial charge in [0, 0.05) is 12.6 Å². The predicted octanol–water partition coefficient (Wildman–Crippen LogP) is 3.67. The fraction of sp³-hybridized carbons (Fsp3) is 0.722. The number of pyridine rings is 1. The minimum atomic E-state index is 0.416. The molecule has 2 aliphatic carbocycles.